The van der Waals surface area contributed by atoms with E-state index in [9.17, 15) is 31.1 Å². The summed E-state index contributed by atoms with van der Waals surface area (Å²) in [5, 5.41) is 8.55. The van der Waals surface area contributed by atoms with Crippen molar-refractivity contribution in [2.75, 3.05) is 6.61 Å². The summed E-state index contributed by atoms with van der Waals surface area (Å²) in [6.07, 6.45) is -7.71. The van der Waals surface area contributed by atoms with E-state index in [2.05, 4.69) is 4.74 Å². The van der Waals surface area contributed by atoms with Crippen molar-refractivity contribution in [1.82, 2.24) is 0 Å². The fraction of sp³-hybridized carbons (Fsp3) is 0.250. The van der Waals surface area contributed by atoms with Gasteiger partial charge >= 0.3 is 18.3 Å². The number of rotatable bonds is 9. The Morgan fingerprint density at radius 2 is 1.63 bits per heavy atom. The second-order valence-electron chi connectivity index (χ2n) is 6.07. The number of halogens is 6. The van der Waals surface area contributed by atoms with Crippen LogP contribution in [-0.4, -0.2) is 23.9 Å². The van der Waals surface area contributed by atoms with Crippen LogP contribution in [-0.2, 0) is 10.9 Å². The number of aliphatic carboxylic acids is 1. The van der Waals surface area contributed by atoms with Crippen LogP contribution in [0.25, 0.3) is 6.08 Å². The largest absolute Gasteiger partial charge is 0.493 e. The molecule has 0 saturated heterocycles. The third-order valence-corrected chi connectivity index (χ3v) is 3.67. The molecule has 2 rings (SSSR count). The number of carbonyl (C=O) groups is 1. The number of hydrogen-bond donors (Lipinski definition) is 1. The van der Waals surface area contributed by atoms with Gasteiger partial charge in [-0.2, -0.15) is 22.0 Å². The summed E-state index contributed by atoms with van der Waals surface area (Å²) in [6.45, 7) is -0.353. The summed E-state index contributed by atoms with van der Waals surface area (Å²) in [7, 11) is 0. The Hall–Kier alpha value is -3.17. The Balaban J connectivity index is 2.02. The Bertz CT molecular complexity index is 891. The second-order valence-corrected chi connectivity index (χ2v) is 6.07. The number of ether oxygens (including phenoxy) is 2. The number of carboxylic acid groups (broad SMARTS) is 1. The standard InChI is InChI=1S/C20H16F6O4/c21-17-12-15(29-11-1-10-19(22,23)24)7-8-16(17)20(25,26)30-14-5-2-13(3-6-14)4-9-18(27)28/h2-9,12H,1,10-11H2,(H,27,28). The van der Waals surface area contributed by atoms with Gasteiger partial charge in [0.05, 0.1) is 6.61 Å². The molecular weight excluding hydrogens is 418 g/mol. The van der Waals surface area contributed by atoms with E-state index in [1.54, 1.807) is 0 Å². The van der Waals surface area contributed by atoms with Crippen molar-refractivity contribution in [1.29, 1.82) is 0 Å². The van der Waals surface area contributed by atoms with Gasteiger partial charge in [-0.15, -0.1) is 0 Å². The Morgan fingerprint density at radius 1 is 1.00 bits per heavy atom. The van der Waals surface area contributed by atoms with Crippen molar-refractivity contribution >= 4 is 12.0 Å². The van der Waals surface area contributed by atoms with E-state index in [1.165, 1.54) is 18.2 Å². The molecule has 0 heterocycles. The van der Waals surface area contributed by atoms with Crippen molar-refractivity contribution in [3.63, 3.8) is 0 Å². The normalized spacial score (nSPS) is 12.2. The van der Waals surface area contributed by atoms with Crippen LogP contribution in [0.1, 0.15) is 24.0 Å². The molecule has 10 heteroatoms. The highest BCUT2D eigenvalue weighted by Gasteiger charge is 2.37. The highest BCUT2D eigenvalue weighted by Crippen LogP contribution is 2.34. The van der Waals surface area contributed by atoms with Crippen molar-refractivity contribution in [2.24, 2.45) is 0 Å². The van der Waals surface area contributed by atoms with Crippen LogP contribution in [0.15, 0.2) is 48.5 Å². The summed E-state index contributed by atoms with van der Waals surface area (Å²) >= 11 is 0. The average molecular weight is 434 g/mol. The van der Waals surface area contributed by atoms with Crippen LogP contribution in [0.5, 0.6) is 11.5 Å². The highest BCUT2D eigenvalue weighted by atomic mass is 19.4. The van der Waals surface area contributed by atoms with Crippen molar-refractivity contribution in [3.8, 4) is 11.5 Å². The molecule has 0 bridgehead atoms. The zero-order valence-electron chi connectivity index (χ0n) is 15.3. The zero-order valence-corrected chi connectivity index (χ0v) is 15.3. The van der Waals surface area contributed by atoms with E-state index in [-0.39, 0.29) is 24.5 Å². The highest BCUT2D eigenvalue weighted by molar-refractivity contribution is 5.85. The lowest BCUT2D eigenvalue weighted by molar-refractivity contribution is -0.187. The van der Waals surface area contributed by atoms with Gasteiger partial charge in [-0.3, -0.25) is 0 Å². The maximum Gasteiger partial charge on any atom is 0.429 e. The Kier molecular flexibility index (Phi) is 7.36. The van der Waals surface area contributed by atoms with Crippen LogP contribution in [0, 0.1) is 5.82 Å². The van der Waals surface area contributed by atoms with Crippen LogP contribution in [0.2, 0.25) is 0 Å². The molecular formula is C20H16F6O4. The SMILES string of the molecule is O=C(O)C=Cc1ccc(OC(F)(F)c2ccc(OCCCC(F)(F)F)cc2F)cc1. The third kappa shape index (κ3) is 7.34. The first-order valence-corrected chi connectivity index (χ1v) is 8.54. The van der Waals surface area contributed by atoms with Gasteiger partial charge in [0.15, 0.2) is 0 Å². The van der Waals surface area contributed by atoms with Gasteiger partial charge in [0.1, 0.15) is 22.9 Å². The fourth-order valence-electron chi connectivity index (χ4n) is 2.30. The molecule has 2 aromatic rings. The molecule has 2 aromatic carbocycles. The first-order valence-electron chi connectivity index (χ1n) is 8.54. The molecule has 0 aliphatic rings. The topological polar surface area (TPSA) is 55.8 Å². The first-order chi connectivity index (χ1) is 14.0. The molecule has 0 unspecified atom stereocenters. The van der Waals surface area contributed by atoms with Gasteiger partial charge in [0.25, 0.3) is 0 Å². The molecule has 30 heavy (non-hydrogen) atoms. The average Bonchev–Trinajstić information content (AvgIpc) is 2.63. The molecule has 1 N–H and O–H groups in total. The van der Waals surface area contributed by atoms with E-state index in [1.807, 2.05) is 0 Å². The predicted molar refractivity (Wildman–Crippen MR) is 94.8 cm³/mol. The molecule has 0 amide bonds. The number of alkyl halides is 5. The number of hydrogen-bond acceptors (Lipinski definition) is 3. The molecule has 0 saturated carbocycles. The molecule has 0 radical (unpaired) electrons. The second kappa shape index (κ2) is 9.55. The lowest BCUT2D eigenvalue weighted by Gasteiger charge is -2.19. The summed E-state index contributed by atoms with van der Waals surface area (Å²) < 4.78 is 88.4. The van der Waals surface area contributed by atoms with E-state index < -0.39 is 36.1 Å². The third-order valence-electron chi connectivity index (χ3n) is 3.67. The maximum absolute atomic E-state index is 14.3. The minimum absolute atomic E-state index is 0.191. The quantitative estimate of drug-likeness (QED) is 0.309. The van der Waals surface area contributed by atoms with Crippen molar-refractivity contribution in [3.05, 3.63) is 65.5 Å². The summed E-state index contributed by atoms with van der Waals surface area (Å²) in [6, 6.07) is 7.34. The minimum Gasteiger partial charge on any atom is -0.493 e. The molecule has 0 aliphatic carbocycles. The maximum atomic E-state index is 14.3. The van der Waals surface area contributed by atoms with Gasteiger partial charge in [-0.25, -0.2) is 9.18 Å². The lowest BCUT2D eigenvalue weighted by Crippen LogP contribution is -2.23. The molecule has 0 aromatic heterocycles. The number of carboxylic acids is 1. The van der Waals surface area contributed by atoms with Crippen molar-refractivity contribution in [2.45, 2.75) is 25.1 Å². The number of benzene rings is 2. The lowest BCUT2D eigenvalue weighted by atomic mass is 10.1. The smallest absolute Gasteiger partial charge is 0.429 e. The molecule has 0 spiro atoms. The van der Waals surface area contributed by atoms with Crippen LogP contribution < -0.4 is 9.47 Å². The molecule has 0 fully saturated rings. The molecule has 162 valence electrons. The monoisotopic (exact) mass is 434 g/mol. The first kappa shape index (κ1) is 23.1. The molecule has 4 nitrogen and oxygen atoms in total. The minimum atomic E-state index is -4.34. The van der Waals surface area contributed by atoms with Gasteiger partial charge in [0.2, 0.25) is 0 Å². The van der Waals surface area contributed by atoms with E-state index in [0.717, 1.165) is 30.3 Å². The van der Waals surface area contributed by atoms with Crippen molar-refractivity contribution < 1.29 is 45.7 Å². The zero-order chi connectivity index (χ0) is 22.4. The van der Waals surface area contributed by atoms with Gasteiger partial charge in [-0.05, 0) is 42.3 Å². The van der Waals surface area contributed by atoms with Crippen LogP contribution in [0.3, 0.4) is 0 Å². The van der Waals surface area contributed by atoms with E-state index >= 15 is 0 Å². The summed E-state index contributed by atoms with van der Waals surface area (Å²) in [5.74, 6) is -3.01. The Labute approximate surface area is 167 Å². The predicted octanol–water partition coefficient (Wildman–Crippen LogP) is 5.77. The van der Waals surface area contributed by atoms with Crippen LogP contribution >= 0.6 is 0 Å². The Morgan fingerprint density at radius 3 is 2.20 bits per heavy atom. The molecule has 0 aliphatic heterocycles. The van der Waals surface area contributed by atoms with Gasteiger partial charge in [0, 0.05) is 18.6 Å². The van der Waals surface area contributed by atoms with Crippen LogP contribution in [0.4, 0.5) is 26.3 Å². The fourth-order valence-corrected chi connectivity index (χ4v) is 2.30. The summed E-state index contributed by atoms with van der Waals surface area (Å²) in [5.41, 5.74) is -0.661. The summed E-state index contributed by atoms with van der Waals surface area (Å²) in [4.78, 5) is 10.5. The van der Waals surface area contributed by atoms with Gasteiger partial charge < -0.3 is 14.6 Å². The van der Waals surface area contributed by atoms with E-state index in [0.29, 0.717) is 11.6 Å². The van der Waals surface area contributed by atoms with Gasteiger partial charge in [-0.1, -0.05) is 12.1 Å². The molecule has 0 atom stereocenters. The van der Waals surface area contributed by atoms with E-state index in [4.69, 9.17) is 9.84 Å².